The zero-order valence-electron chi connectivity index (χ0n) is 14.6. The Morgan fingerprint density at radius 3 is 2.81 bits per heavy atom. The van der Waals surface area contributed by atoms with E-state index in [1.165, 1.54) is 18.6 Å². The number of imide groups is 1. The summed E-state index contributed by atoms with van der Waals surface area (Å²) in [6.45, 7) is 1.46. The van der Waals surface area contributed by atoms with Crippen LogP contribution in [-0.2, 0) is 9.59 Å². The predicted molar refractivity (Wildman–Crippen MR) is 97.9 cm³/mol. The van der Waals surface area contributed by atoms with Crippen LogP contribution in [0.4, 0.5) is 5.82 Å². The third-order valence-electron chi connectivity index (χ3n) is 5.34. The average molecular weight is 362 g/mol. The first-order valence-corrected chi connectivity index (χ1v) is 9.01. The molecular weight excluding hydrogens is 344 g/mol. The highest BCUT2D eigenvalue weighted by molar-refractivity contribution is 6.21. The summed E-state index contributed by atoms with van der Waals surface area (Å²) in [4.78, 5) is 36.6. The Labute approximate surface area is 155 Å². The Morgan fingerprint density at radius 1 is 1.11 bits per heavy atom. The number of rotatable bonds is 3. The first kappa shape index (κ1) is 16.1. The van der Waals surface area contributed by atoms with Crippen molar-refractivity contribution < 1.29 is 9.59 Å². The largest absolute Gasteiger partial charge is 0.289 e. The van der Waals surface area contributed by atoms with Gasteiger partial charge in [0, 0.05) is 37.1 Å². The molecule has 2 aliphatic heterocycles. The van der Waals surface area contributed by atoms with E-state index in [4.69, 9.17) is 0 Å². The first-order valence-electron chi connectivity index (χ1n) is 9.01. The van der Waals surface area contributed by atoms with E-state index in [9.17, 15) is 9.59 Å². The number of likely N-dealkylation sites (tertiary alicyclic amines) is 1. The van der Waals surface area contributed by atoms with E-state index in [-0.39, 0.29) is 24.3 Å². The quantitative estimate of drug-likeness (QED) is 0.655. The molecular formula is C19H18N6O2. The van der Waals surface area contributed by atoms with Crippen LogP contribution in [0.2, 0.25) is 0 Å². The summed E-state index contributed by atoms with van der Waals surface area (Å²) < 4.78 is 1.99. The molecule has 136 valence electrons. The van der Waals surface area contributed by atoms with Crippen LogP contribution < -0.4 is 4.90 Å². The molecule has 1 aromatic carbocycles. The van der Waals surface area contributed by atoms with Crippen molar-refractivity contribution in [2.24, 2.45) is 0 Å². The van der Waals surface area contributed by atoms with Crippen molar-refractivity contribution in [1.82, 2.24) is 24.6 Å². The number of amides is 2. The van der Waals surface area contributed by atoms with Crippen LogP contribution in [0.5, 0.6) is 0 Å². The Hall–Kier alpha value is -3.13. The lowest BCUT2D eigenvalue weighted by Crippen LogP contribution is -2.41. The van der Waals surface area contributed by atoms with Crippen LogP contribution in [-0.4, -0.2) is 55.6 Å². The third kappa shape index (κ3) is 2.69. The molecule has 0 N–H and O–H groups in total. The van der Waals surface area contributed by atoms with Crippen LogP contribution >= 0.6 is 0 Å². The number of nitrogens with zero attached hydrogens (tertiary/aromatic N) is 6. The minimum absolute atomic E-state index is 0.184. The van der Waals surface area contributed by atoms with Crippen molar-refractivity contribution in [1.29, 1.82) is 0 Å². The zero-order chi connectivity index (χ0) is 18.4. The maximum atomic E-state index is 12.9. The summed E-state index contributed by atoms with van der Waals surface area (Å²) >= 11 is 0. The highest BCUT2D eigenvalue weighted by atomic mass is 16.2. The molecule has 27 heavy (non-hydrogen) atoms. The van der Waals surface area contributed by atoms with E-state index in [1.807, 2.05) is 28.9 Å². The average Bonchev–Trinajstić information content (AvgIpc) is 3.39. The number of hydrogen-bond acceptors (Lipinski definition) is 6. The lowest BCUT2D eigenvalue weighted by molar-refractivity contribution is -0.122. The summed E-state index contributed by atoms with van der Waals surface area (Å²) in [5.41, 5.74) is 0.969. The number of aromatic nitrogens is 4. The van der Waals surface area contributed by atoms with E-state index in [1.54, 1.807) is 0 Å². The molecule has 2 aliphatic rings. The van der Waals surface area contributed by atoms with Crippen LogP contribution in [0, 0.1) is 0 Å². The van der Waals surface area contributed by atoms with Crippen molar-refractivity contribution in [2.75, 3.05) is 18.0 Å². The van der Waals surface area contributed by atoms with Crippen molar-refractivity contribution >= 4 is 28.5 Å². The molecule has 8 heteroatoms. The molecule has 0 aliphatic carbocycles. The van der Waals surface area contributed by atoms with Crippen molar-refractivity contribution in [2.45, 2.75) is 24.9 Å². The second kappa shape index (κ2) is 6.24. The molecule has 5 rings (SSSR count). The van der Waals surface area contributed by atoms with Gasteiger partial charge in [-0.15, -0.1) is 0 Å². The van der Waals surface area contributed by atoms with Gasteiger partial charge < -0.3 is 0 Å². The highest BCUT2D eigenvalue weighted by Crippen LogP contribution is 2.30. The molecule has 2 atom stereocenters. The van der Waals surface area contributed by atoms with Gasteiger partial charge in [-0.1, -0.05) is 18.2 Å². The van der Waals surface area contributed by atoms with Gasteiger partial charge in [0.05, 0.1) is 30.2 Å². The number of hydrogen-bond donors (Lipinski definition) is 0. The smallest absolute Gasteiger partial charge is 0.252 e. The van der Waals surface area contributed by atoms with E-state index >= 15 is 0 Å². The molecule has 0 spiro atoms. The molecule has 2 amide bonds. The maximum Gasteiger partial charge on any atom is 0.252 e. The van der Waals surface area contributed by atoms with E-state index < -0.39 is 6.04 Å². The molecule has 2 unspecified atom stereocenters. The van der Waals surface area contributed by atoms with Crippen LogP contribution in [0.1, 0.15) is 18.9 Å². The van der Waals surface area contributed by atoms with Gasteiger partial charge in [0.25, 0.3) is 5.91 Å². The van der Waals surface area contributed by atoms with Gasteiger partial charge in [0.2, 0.25) is 5.91 Å². The Kier molecular flexibility index (Phi) is 3.71. The van der Waals surface area contributed by atoms with Crippen molar-refractivity contribution in [3.8, 4) is 0 Å². The second-order valence-corrected chi connectivity index (χ2v) is 6.96. The number of anilines is 1. The van der Waals surface area contributed by atoms with Gasteiger partial charge in [0.15, 0.2) is 5.82 Å². The summed E-state index contributed by atoms with van der Waals surface area (Å²) in [6, 6.07) is 7.78. The SMILES string of the molecule is O=C1CC(N2CCC(n3cc4ccccc4n3)C2)C(=O)N1c1cnccn1. The highest BCUT2D eigenvalue weighted by Gasteiger charge is 2.45. The van der Waals surface area contributed by atoms with Gasteiger partial charge in [-0.3, -0.25) is 24.2 Å². The first-order chi connectivity index (χ1) is 13.2. The van der Waals surface area contributed by atoms with Crippen LogP contribution in [0.3, 0.4) is 0 Å². The molecule has 2 fully saturated rings. The lowest BCUT2D eigenvalue weighted by atomic mass is 10.2. The molecule has 2 saturated heterocycles. The number of carbonyl (C=O) groups excluding carboxylic acids is 2. The van der Waals surface area contributed by atoms with Gasteiger partial charge in [-0.05, 0) is 12.5 Å². The Balaban J connectivity index is 1.34. The van der Waals surface area contributed by atoms with Crippen molar-refractivity contribution in [3.05, 3.63) is 49.1 Å². The number of fused-ring (bicyclic) bond motifs is 1. The van der Waals surface area contributed by atoms with Crippen molar-refractivity contribution in [3.63, 3.8) is 0 Å². The molecule has 8 nitrogen and oxygen atoms in total. The summed E-state index contributed by atoms with van der Waals surface area (Å²) in [5.74, 6) is -0.144. The number of benzene rings is 1. The molecule has 2 aromatic heterocycles. The molecule has 4 heterocycles. The number of carbonyl (C=O) groups is 2. The molecule has 0 radical (unpaired) electrons. The predicted octanol–water partition coefficient (Wildman–Crippen LogP) is 1.41. The van der Waals surface area contributed by atoms with Gasteiger partial charge in [0.1, 0.15) is 0 Å². The lowest BCUT2D eigenvalue weighted by Gasteiger charge is -2.22. The standard InChI is InChI=1S/C19H18N6O2/c26-18-9-16(19(27)25(18)17-10-20-6-7-21-17)23-8-5-14(12-23)24-11-13-3-1-2-4-15(13)22-24/h1-4,6-7,10-11,14,16H,5,8-9,12H2. The van der Waals surface area contributed by atoms with Crippen LogP contribution in [0.15, 0.2) is 49.1 Å². The summed E-state index contributed by atoms with van der Waals surface area (Å²) in [7, 11) is 0. The minimum Gasteiger partial charge on any atom is -0.289 e. The Morgan fingerprint density at radius 2 is 2.00 bits per heavy atom. The Bertz CT molecular complexity index is 984. The topological polar surface area (TPSA) is 84.2 Å². The fourth-order valence-corrected chi connectivity index (χ4v) is 3.99. The van der Waals surface area contributed by atoms with Gasteiger partial charge in [-0.25, -0.2) is 9.88 Å². The third-order valence-corrected chi connectivity index (χ3v) is 5.34. The monoisotopic (exact) mass is 362 g/mol. The summed E-state index contributed by atoms with van der Waals surface area (Å²) in [6.07, 6.45) is 7.58. The molecule has 0 bridgehead atoms. The minimum atomic E-state index is -0.436. The fourth-order valence-electron chi connectivity index (χ4n) is 3.99. The zero-order valence-corrected chi connectivity index (χ0v) is 14.6. The van der Waals surface area contributed by atoms with E-state index in [0.717, 1.165) is 28.8 Å². The maximum absolute atomic E-state index is 12.9. The molecule has 3 aromatic rings. The van der Waals surface area contributed by atoms with Gasteiger partial charge in [-0.2, -0.15) is 5.10 Å². The normalized spacial score (nSPS) is 23.6. The van der Waals surface area contributed by atoms with Gasteiger partial charge >= 0.3 is 0 Å². The van der Waals surface area contributed by atoms with E-state index in [2.05, 4.69) is 26.2 Å². The van der Waals surface area contributed by atoms with E-state index in [0.29, 0.717) is 12.4 Å². The second-order valence-electron chi connectivity index (χ2n) is 6.96. The fraction of sp³-hybridized carbons (Fsp3) is 0.316. The summed E-state index contributed by atoms with van der Waals surface area (Å²) in [5, 5.41) is 5.77. The van der Waals surface area contributed by atoms with Crippen LogP contribution in [0.25, 0.3) is 10.9 Å². The molecule has 0 saturated carbocycles.